The maximum atomic E-state index is 9.94. The molecule has 14 heavy (non-hydrogen) atoms. The van der Waals surface area contributed by atoms with Crippen molar-refractivity contribution >= 4 is 22.6 Å². The Morgan fingerprint density at radius 3 is 2.71 bits per heavy atom. The molecule has 0 fully saturated rings. The lowest BCUT2D eigenvalue weighted by Crippen LogP contribution is -2.03. The van der Waals surface area contributed by atoms with Gasteiger partial charge in [-0.05, 0) is 52.6 Å². The molecule has 0 aliphatic carbocycles. The average Bonchev–Trinajstić information content (AvgIpc) is 2.17. The molecule has 0 radical (unpaired) electrons. The monoisotopic (exact) mass is 304 g/mol. The van der Waals surface area contributed by atoms with Crippen molar-refractivity contribution in [2.45, 2.75) is 32.8 Å². The highest BCUT2D eigenvalue weighted by Gasteiger charge is 2.11. The van der Waals surface area contributed by atoms with Gasteiger partial charge >= 0.3 is 0 Å². The Kier molecular flexibility index (Phi) is 4.89. The van der Waals surface area contributed by atoms with E-state index in [-0.39, 0.29) is 6.10 Å². The van der Waals surface area contributed by atoms with Gasteiger partial charge < -0.3 is 5.11 Å². The van der Waals surface area contributed by atoms with Crippen LogP contribution in [0, 0.1) is 9.49 Å². The standard InChI is InChI=1S/C12H17IO/c1-3-9(2)7-12(14)10-5-4-6-11(13)8-10/h4-6,8-9,12,14H,3,7H2,1-2H3. The van der Waals surface area contributed by atoms with E-state index in [1.165, 1.54) is 3.57 Å². The predicted molar refractivity (Wildman–Crippen MR) is 68.2 cm³/mol. The summed E-state index contributed by atoms with van der Waals surface area (Å²) in [6.45, 7) is 4.34. The Hall–Kier alpha value is -0.0900. The molecule has 1 aromatic carbocycles. The van der Waals surface area contributed by atoms with Crippen molar-refractivity contribution in [2.75, 3.05) is 0 Å². The van der Waals surface area contributed by atoms with Crippen molar-refractivity contribution in [3.63, 3.8) is 0 Å². The van der Waals surface area contributed by atoms with E-state index in [0.29, 0.717) is 5.92 Å². The van der Waals surface area contributed by atoms with E-state index in [1.54, 1.807) is 0 Å². The summed E-state index contributed by atoms with van der Waals surface area (Å²) < 4.78 is 1.18. The fourth-order valence-corrected chi connectivity index (χ4v) is 1.96. The highest BCUT2D eigenvalue weighted by molar-refractivity contribution is 14.1. The maximum Gasteiger partial charge on any atom is 0.0793 e. The Morgan fingerprint density at radius 1 is 1.43 bits per heavy atom. The number of benzene rings is 1. The van der Waals surface area contributed by atoms with Crippen LogP contribution in [0.5, 0.6) is 0 Å². The van der Waals surface area contributed by atoms with E-state index in [4.69, 9.17) is 0 Å². The summed E-state index contributed by atoms with van der Waals surface area (Å²) >= 11 is 2.27. The van der Waals surface area contributed by atoms with Crippen LogP contribution in [0.3, 0.4) is 0 Å². The van der Waals surface area contributed by atoms with Gasteiger partial charge in [0.15, 0.2) is 0 Å². The summed E-state index contributed by atoms with van der Waals surface area (Å²) in [6, 6.07) is 8.08. The van der Waals surface area contributed by atoms with Crippen LogP contribution in [0.4, 0.5) is 0 Å². The van der Waals surface area contributed by atoms with Crippen LogP contribution < -0.4 is 0 Å². The molecular formula is C12H17IO. The van der Waals surface area contributed by atoms with Crippen LogP contribution in [-0.4, -0.2) is 5.11 Å². The number of hydrogen-bond donors (Lipinski definition) is 1. The zero-order chi connectivity index (χ0) is 10.6. The third kappa shape index (κ3) is 3.58. The number of hydrogen-bond acceptors (Lipinski definition) is 1. The lowest BCUT2D eigenvalue weighted by atomic mass is 9.97. The molecule has 0 heterocycles. The number of aliphatic hydroxyl groups excluding tert-OH is 1. The van der Waals surface area contributed by atoms with Gasteiger partial charge in [0.05, 0.1) is 6.10 Å². The van der Waals surface area contributed by atoms with E-state index in [1.807, 2.05) is 24.3 Å². The van der Waals surface area contributed by atoms with Gasteiger partial charge in [0.25, 0.3) is 0 Å². The van der Waals surface area contributed by atoms with Gasteiger partial charge in [-0.2, -0.15) is 0 Å². The van der Waals surface area contributed by atoms with Crippen LogP contribution in [0.2, 0.25) is 0 Å². The lowest BCUT2D eigenvalue weighted by Gasteiger charge is -2.15. The predicted octanol–water partition coefficient (Wildman–Crippen LogP) is 3.76. The van der Waals surface area contributed by atoms with Crippen LogP contribution in [0.15, 0.2) is 24.3 Å². The summed E-state index contributed by atoms with van der Waals surface area (Å²) in [4.78, 5) is 0. The summed E-state index contributed by atoms with van der Waals surface area (Å²) in [5.74, 6) is 0.586. The smallest absolute Gasteiger partial charge is 0.0793 e. The first-order valence-corrected chi connectivity index (χ1v) is 6.15. The summed E-state index contributed by atoms with van der Waals surface area (Å²) in [5.41, 5.74) is 1.04. The van der Waals surface area contributed by atoms with Crippen LogP contribution in [0.1, 0.15) is 38.4 Å². The molecule has 78 valence electrons. The Labute approximate surface area is 99.7 Å². The minimum atomic E-state index is -0.306. The summed E-state index contributed by atoms with van der Waals surface area (Å²) in [6.07, 6.45) is 1.68. The van der Waals surface area contributed by atoms with Gasteiger partial charge in [-0.3, -0.25) is 0 Å². The number of aliphatic hydroxyl groups is 1. The quantitative estimate of drug-likeness (QED) is 0.840. The van der Waals surface area contributed by atoms with Crippen LogP contribution in [0.25, 0.3) is 0 Å². The van der Waals surface area contributed by atoms with Crippen LogP contribution >= 0.6 is 22.6 Å². The summed E-state index contributed by atoms with van der Waals surface area (Å²) in [7, 11) is 0. The molecule has 0 amide bonds. The molecule has 0 aromatic heterocycles. The molecule has 1 nitrogen and oxygen atoms in total. The van der Waals surface area contributed by atoms with Gasteiger partial charge in [-0.1, -0.05) is 32.4 Å². The summed E-state index contributed by atoms with van der Waals surface area (Å²) in [5, 5.41) is 9.94. The fraction of sp³-hybridized carbons (Fsp3) is 0.500. The van der Waals surface area contributed by atoms with E-state index in [9.17, 15) is 5.11 Å². The minimum Gasteiger partial charge on any atom is -0.388 e. The van der Waals surface area contributed by atoms with E-state index in [2.05, 4.69) is 36.4 Å². The normalized spacial score (nSPS) is 15.1. The minimum absolute atomic E-state index is 0.306. The van der Waals surface area contributed by atoms with Crippen molar-refractivity contribution in [2.24, 2.45) is 5.92 Å². The molecule has 2 atom stereocenters. The zero-order valence-electron chi connectivity index (χ0n) is 8.70. The largest absolute Gasteiger partial charge is 0.388 e. The molecule has 2 unspecified atom stereocenters. The molecule has 0 saturated carbocycles. The maximum absolute atomic E-state index is 9.94. The van der Waals surface area contributed by atoms with E-state index >= 15 is 0 Å². The number of rotatable bonds is 4. The topological polar surface area (TPSA) is 20.2 Å². The third-order valence-corrected chi connectivity index (χ3v) is 3.23. The van der Waals surface area contributed by atoms with Crippen molar-refractivity contribution in [1.29, 1.82) is 0 Å². The molecule has 0 spiro atoms. The molecular weight excluding hydrogens is 287 g/mol. The highest BCUT2D eigenvalue weighted by atomic mass is 127. The lowest BCUT2D eigenvalue weighted by molar-refractivity contribution is 0.146. The second-order valence-corrected chi connectivity index (χ2v) is 5.07. The molecule has 0 aliphatic heterocycles. The first-order chi connectivity index (χ1) is 6.63. The number of halogens is 1. The second kappa shape index (κ2) is 5.71. The second-order valence-electron chi connectivity index (χ2n) is 3.82. The third-order valence-electron chi connectivity index (χ3n) is 2.56. The van der Waals surface area contributed by atoms with Gasteiger partial charge in [0.1, 0.15) is 0 Å². The van der Waals surface area contributed by atoms with Crippen molar-refractivity contribution in [3.05, 3.63) is 33.4 Å². The molecule has 1 rings (SSSR count). The van der Waals surface area contributed by atoms with Crippen molar-refractivity contribution < 1.29 is 5.11 Å². The van der Waals surface area contributed by atoms with Gasteiger partial charge in [-0.15, -0.1) is 0 Å². The first kappa shape index (κ1) is 12.0. The molecule has 1 aromatic rings. The van der Waals surface area contributed by atoms with E-state index in [0.717, 1.165) is 18.4 Å². The van der Waals surface area contributed by atoms with Gasteiger partial charge in [0.2, 0.25) is 0 Å². The Bertz CT molecular complexity index is 285. The molecule has 2 heteroatoms. The van der Waals surface area contributed by atoms with E-state index < -0.39 is 0 Å². The zero-order valence-corrected chi connectivity index (χ0v) is 10.9. The fourth-order valence-electron chi connectivity index (χ4n) is 1.40. The average molecular weight is 304 g/mol. The first-order valence-electron chi connectivity index (χ1n) is 5.07. The van der Waals surface area contributed by atoms with Crippen molar-refractivity contribution in [1.82, 2.24) is 0 Å². The molecule has 0 saturated heterocycles. The Balaban J connectivity index is 2.64. The SMILES string of the molecule is CCC(C)CC(O)c1cccc(I)c1. The molecule has 0 aliphatic rings. The van der Waals surface area contributed by atoms with Crippen molar-refractivity contribution in [3.8, 4) is 0 Å². The van der Waals surface area contributed by atoms with Crippen LogP contribution in [-0.2, 0) is 0 Å². The Morgan fingerprint density at radius 2 is 2.14 bits per heavy atom. The highest BCUT2D eigenvalue weighted by Crippen LogP contribution is 2.23. The molecule has 0 bridgehead atoms. The van der Waals surface area contributed by atoms with Gasteiger partial charge in [-0.25, -0.2) is 0 Å². The molecule has 1 N–H and O–H groups in total. The van der Waals surface area contributed by atoms with Gasteiger partial charge in [0, 0.05) is 3.57 Å².